The predicted molar refractivity (Wildman–Crippen MR) is 89.8 cm³/mol. The van der Waals surface area contributed by atoms with Crippen molar-refractivity contribution < 1.29 is 4.74 Å². The second-order valence-corrected chi connectivity index (χ2v) is 5.91. The Morgan fingerprint density at radius 1 is 1.19 bits per heavy atom. The van der Waals surface area contributed by atoms with Crippen LogP contribution in [0.1, 0.15) is 17.5 Å². The summed E-state index contributed by atoms with van der Waals surface area (Å²) >= 11 is 3.54. The van der Waals surface area contributed by atoms with Crippen molar-refractivity contribution in [2.75, 3.05) is 14.2 Å². The maximum absolute atomic E-state index is 5.27. The first-order chi connectivity index (χ1) is 10.2. The minimum absolute atomic E-state index is 0.457. The number of ether oxygens (including phenoxy) is 1. The number of hydrogen-bond donors (Lipinski definition) is 1. The van der Waals surface area contributed by atoms with Crippen molar-refractivity contribution in [2.24, 2.45) is 0 Å². The zero-order valence-corrected chi connectivity index (χ0v) is 14.1. The van der Waals surface area contributed by atoms with E-state index in [0.29, 0.717) is 6.04 Å². The molecular weight excluding hydrogens is 328 g/mol. The van der Waals surface area contributed by atoms with E-state index < -0.39 is 0 Å². The quantitative estimate of drug-likeness (QED) is 0.829. The number of methoxy groups -OCH3 is 1. The Hall–Kier alpha value is -1.39. The third kappa shape index (κ3) is 4.83. The number of pyridine rings is 1. The van der Waals surface area contributed by atoms with Crippen molar-refractivity contribution in [3.05, 3.63) is 58.3 Å². The van der Waals surface area contributed by atoms with E-state index in [1.165, 1.54) is 11.1 Å². The molecule has 0 aliphatic rings. The van der Waals surface area contributed by atoms with Crippen LogP contribution in [0.2, 0.25) is 0 Å². The van der Waals surface area contributed by atoms with E-state index in [1.54, 1.807) is 7.11 Å². The number of rotatable bonds is 7. The van der Waals surface area contributed by atoms with Crippen LogP contribution < -0.4 is 10.1 Å². The van der Waals surface area contributed by atoms with Crippen LogP contribution in [0.3, 0.4) is 0 Å². The van der Waals surface area contributed by atoms with Gasteiger partial charge in [-0.25, -0.2) is 0 Å². The SMILES string of the molecule is CNC(CCc1ccncc1)Cc1ccc(OC)c(Br)c1. The average Bonchev–Trinajstić information content (AvgIpc) is 2.52. The van der Waals surface area contributed by atoms with Gasteiger partial charge in [0.1, 0.15) is 5.75 Å². The highest BCUT2D eigenvalue weighted by Crippen LogP contribution is 2.26. The van der Waals surface area contributed by atoms with E-state index in [-0.39, 0.29) is 0 Å². The molecule has 0 saturated heterocycles. The number of hydrogen-bond acceptors (Lipinski definition) is 3. The molecule has 1 heterocycles. The van der Waals surface area contributed by atoms with Gasteiger partial charge in [-0.3, -0.25) is 4.98 Å². The lowest BCUT2D eigenvalue weighted by molar-refractivity contribution is 0.411. The monoisotopic (exact) mass is 348 g/mol. The molecule has 0 amide bonds. The Balaban J connectivity index is 1.94. The normalized spacial score (nSPS) is 12.1. The van der Waals surface area contributed by atoms with Gasteiger partial charge in [-0.2, -0.15) is 0 Å². The Bertz CT molecular complexity index is 560. The van der Waals surface area contributed by atoms with Crippen molar-refractivity contribution in [3.63, 3.8) is 0 Å². The van der Waals surface area contributed by atoms with Gasteiger partial charge in [-0.15, -0.1) is 0 Å². The molecular formula is C17H21BrN2O. The maximum Gasteiger partial charge on any atom is 0.133 e. The first-order valence-electron chi connectivity index (χ1n) is 7.11. The minimum atomic E-state index is 0.457. The number of aromatic nitrogens is 1. The molecule has 0 saturated carbocycles. The molecule has 3 nitrogen and oxygen atoms in total. The number of aryl methyl sites for hydroxylation is 1. The van der Waals surface area contributed by atoms with Crippen LogP contribution in [0.4, 0.5) is 0 Å². The molecule has 2 aromatic rings. The fourth-order valence-electron chi connectivity index (χ4n) is 2.36. The number of benzene rings is 1. The molecule has 0 fully saturated rings. The predicted octanol–water partition coefficient (Wildman–Crippen LogP) is 3.62. The molecule has 4 heteroatoms. The van der Waals surface area contributed by atoms with Gasteiger partial charge in [0.2, 0.25) is 0 Å². The molecule has 2 rings (SSSR count). The van der Waals surface area contributed by atoms with Gasteiger partial charge in [-0.05, 0) is 77.6 Å². The van der Waals surface area contributed by atoms with Crippen LogP contribution in [0, 0.1) is 0 Å². The van der Waals surface area contributed by atoms with Gasteiger partial charge in [0, 0.05) is 18.4 Å². The van der Waals surface area contributed by atoms with Gasteiger partial charge in [0.25, 0.3) is 0 Å². The third-order valence-electron chi connectivity index (χ3n) is 3.64. The molecule has 0 radical (unpaired) electrons. The number of nitrogens with one attached hydrogen (secondary N) is 1. The Morgan fingerprint density at radius 3 is 2.57 bits per heavy atom. The van der Waals surface area contributed by atoms with E-state index in [9.17, 15) is 0 Å². The first kappa shape index (κ1) is 16.0. The summed E-state index contributed by atoms with van der Waals surface area (Å²) in [6, 6.07) is 10.9. The third-order valence-corrected chi connectivity index (χ3v) is 4.26. The Kier molecular flexibility index (Phi) is 6.21. The summed E-state index contributed by atoms with van der Waals surface area (Å²) in [4.78, 5) is 4.05. The Labute approximate surface area is 134 Å². The number of halogens is 1. The van der Waals surface area contributed by atoms with E-state index in [0.717, 1.165) is 29.5 Å². The second kappa shape index (κ2) is 8.15. The summed E-state index contributed by atoms with van der Waals surface area (Å²) in [5.74, 6) is 0.872. The highest BCUT2D eigenvalue weighted by Gasteiger charge is 2.09. The molecule has 112 valence electrons. The van der Waals surface area contributed by atoms with Gasteiger partial charge in [0.05, 0.1) is 11.6 Å². The van der Waals surface area contributed by atoms with Crippen LogP contribution in [-0.2, 0) is 12.8 Å². The average molecular weight is 349 g/mol. The van der Waals surface area contributed by atoms with Gasteiger partial charge < -0.3 is 10.1 Å². The molecule has 1 N–H and O–H groups in total. The van der Waals surface area contributed by atoms with Crippen molar-refractivity contribution in [2.45, 2.75) is 25.3 Å². The van der Waals surface area contributed by atoms with E-state index >= 15 is 0 Å². The molecule has 1 atom stereocenters. The van der Waals surface area contributed by atoms with Crippen LogP contribution in [0.5, 0.6) is 5.75 Å². The van der Waals surface area contributed by atoms with Crippen LogP contribution in [-0.4, -0.2) is 25.2 Å². The molecule has 1 aromatic heterocycles. The van der Waals surface area contributed by atoms with E-state index in [4.69, 9.17) is 4.74 Å². The molecule has 0 aliphatic carbocycles. The molecule has 0 bridgehead atoms. The summed E-state index contributed by atoms with van der Waals surface area (Å²) in [5.41, 5.74) is 2.64. The lowest BCUT2D eigenvalue weighted by atomic mass is 9.99. The van der Waals surface area contributed by atoms with Crippen LogP contribution in [0.15, 0.2) is 47.2 Å². The summed E-state index contributed by atoms with van der Waals surface area (Å²) in [6.45, 7) is 0. The maximum atomic E-state index is 5.27. The highest BCUT2D eigenvalue weighted by atomic mass is 79.9. The summed E-state index contributed by atoms with van der Waals surface area (Å²) in [6.07, 6.45) is 6.87. The van der Waals surface area contributed by atoms with Crippen molar-refractivity contribution >= 4 is 15.9 Å². The highest BCUT2D eigenvalue weighted by molar-refractivity contribution is 9.10. The standard InChI is InChI=1S/C17H21BrN2O/c1-19-15(5-3-13-7-9-20-10-8-13)11-14-4-6-17(21-2)16(18)12-14/h4,6-10,12,15,19H,3,5,11H2,1-2H3. The van der Waals surface area contributed by atoms with E-state index in [1.807, 2.05) is 25.5 Å². The Morgan fingerprint density at radius 2 is 1.95 bits per heavy atom. The number of likely N-dealkylation sites (N-methyl/N-ethyl adjacent to an activating group) is 1. The zero-order chi connectivity index (χ0) is 15.1. The van der Waals surface area contributed by atoms with Gasteiger partial charge >= 0.3 is 0 Å². The van der Waals surface area contributed by atoms with Crippen molar-refractivity contribution in [1.82, 2.24) is 10.3 Å². The summed E-state index contributed by atoms with van der Waals surface area (Å²) in [5, 5.41) is 3.41. The summed E-state index contributed by atoms with van der Waals surface area (Å²) in [7, 11) is 3.71. The first-order valence-corrected chi connectivity index (χ1v) is 7.91. The molecule has 1 unspecified atom stereocenters. The smallest absolute Gasteiger partial charge is 0.133 e. The molecule has 0 spiro atoms. The topological polar surface area (TPSA) is 34.2 Å². The van der Waals surface area contributed by atoms with Crippen molar-refractivity contribution in [1.29, 1.82) is 0 Å². The molecule has 21 heavy (non-hydrogen) atoms. The van der Waals surface area contributed by atoms with E-state index in [2.05, 4.69) is 50.5 Å². The molecule has 1 aromatic carbocycles. The van der Waals surface area contributed by atoms with Gasteiger partial charge in [0.15, 0.2) is 0 Å². The van der Waals surface area contributed by atoms with Crippen LogP contribution >= 0.6 is 15.9 Å². The number of nitrogens with zero attached hydrogens (tertiary/aromatic N) is 1. The summed E-state index contributed by atoms with van der Waals surface area (Å²) < 4.78 is 6.27. The fraction of sp³-hybridized carbons (Fsp3) is 0.353. The van der Waals surface area contributed by atoms with Crippen molar-refractivity contribution in [3.8, 4) is 5.75 Å². The molecule has 0 aliphatic heterocycles. The lowest BCUT2D eigenvalue weighted by Crippen LogP contribution is -2.28. The zero-order valence-electron chi connectivity index (χ0n) is 12.5. The second-order valence-electron chi connectivity index (χ2n) is 5.05. The minimum Gasteiger partial charge on any atom is -0.496 e. The lowest BCUT2D eigenvalue weighted by Gasteiger charge is -2.17. The van der Waals surface area contributed by atoms with Crippen LogP contribution in [0.25, 0.3) is 0 Å². The fourth-order valence-corrected chi connectivity index (χ4v) is 2.95. The largest absolute Gasteiger partial charge is 0.496 e. The van der Waals surface area contributed by atoms with Gasteiger partial charge in [-0.1, -0.05) is 6.07 Å².